The number of aliphatic carboxylic acids is 1. The summed E-state index contributed by atoms with van der Waals surface area (Å²) in [7, 11) is -4.40. The predicted octanol–water partition coefficient (Wildman–Crippen LogP) is 4.80. The molecule has 4 saturated carbocycles. The van der Waals surface area contributed by atoms with Gasteiger partial charge in [-0.2, -0.15) is 8.42 Å². The van der Waals surface area contributed by atoms with Crippen molar-refractivity contribution < 1.29 is 28.0 Å². The molecule has 0 aromatic carbocycles. The van der Waals surface area contributed by atoms with Gasteiger partial charge in [0, 0.05) is 24.2 Å². The Balaban J connectivity index is 0.000000193. The summed E-state index contributed by atoms with van der Waals surface area (Å²) in [5.41, 5.74) is 0. The van der Waals surface area contributed by atoms with Crippen molar-refractivity contribution in [2.45, 2.75) is 159 Å². The third-order valence-electron chi connectivity index (χ3n) is 8.02. The molecule has 4 aliphatic rings. The van der Waals surface area contributed by atoms with Gasteiger partial charge in [-0.25, -0.2) is 4.79 Å². The molecule has 0 bridgehead atoms. The number of carbonyl (C=O) groups is 1. The Morgan fingerprint density at radius 1 is 0.611 bits per heavy atom. The average molecular weight is 533 g/mol. The Kier molecular flexibility index (Phi) is 15.5. The van der Waals surface area contributed by atoms with Crippen LogP contribution in [0, 0.1) is 0 Å². The molecule has 0 saturated heterocycles. The van der Waals surface area contributed by atoms with Crippen LogP contribution in [0.1, 0.15) is 128 Å². The summed E-state index contributed by atoms with van der Waals surface area (Å²) in [6, 6.07) is 3.49. The number of carboxylic acid groups (broad SMARTS) is 1. The molecule has 1 atom stereocenters. The lowest BCUT2D eigenvalue weighted by Gasteiger charge is -2.30. The van der Waals surface area contributed by atoms with Crippen LogP contribution in [0.15, 0.2) is 0 Å². The third-order valence-corrected chi connectivity index (χ3v) is 8.75. The molecule has 0 aromatic heterocycles. The number of rotatable bonds is 7. The first-order chi connectivity index (χ1) is 17.2. The van der Waals surface area contributed by atoms with E-state index in [1.165, 1.54) is 128 Å². The second-order valence-corrected chi connectivity index (χ2v) is 12.8. The molecule has 0 spiro atoms. The van der Waals surface area contributed by atoms with E-state index >= 15 is 0 Å². The van der Waals surface area contributed by atoms with Crippen LogP contribution in [0.4, 0.5) is 0 Å². The lowest BCUT2D eigenvalue weighted by Crippen LogP contribution is -2.40. The standard InChI is InChI=1S/2C12H23N.C3H6O6S/c2*1-3-7-11(8-4-1)13-12-9-5-2-6-10-12;4-2(3(5)6)1-10(7,8)9/h2*11-13H,1-10H2;2,4H,1H2,(H,5,6)(H,7,8,9)/t;;2-/m..1/s1. The van der Waals surface area contributed by atoms with Crippen LogP contribution in [0.2, 0.25) is 0 Å². The van der Waals surface area contributed by atoms with E-state index in [0.717, 1.165) is 24.2 Å². The second-order valence-electron chi connectivity index (χ2n) is 11.3. The molecule has 36 heavy (non-hydrogen) atoms. The second kappa shape index (κ2) is 17.7. The number of nitrogens with one attached hydrogen (secondary N) is 2. The van der Waals surface area contributed by atoms with Crippen molar-refractivity contribution >= 4 is 16.1 Å². The molecule has 0 heterocycles. The molecule has 0 aromatic rings. The van der Waals surface area contributed by atoms with Crippen LogP contribution in [-0.2, 0) is 14.9 Å². The highest BCUT2D eigenvalue weighted by Crippen LogP contribution is 2.23. The fraction of sp³-hybridized carbons (Fsp3) is 0.963. The minimum Gasteiger partial charge on any atom is -0.479 e. The van der Waals surface area contributed by atoms with Gasteiger partial charge in [-0.1, -0.05) is 77.0 Å². The van der Waals surface area contributed by atoms with Crippen LogP contribution in [0.5, 0.6) is 0 Å². The molecule has 8 nitrogen and oxygen atoms in total. The lowest BCUT2D eigenvalue weighted by atomic mass is 9.91. The smallest absolute Gasteiger partial charge is 0.333 e. The van der Waals surface area contributed by atoms with Crippen molar-refractivity contribution in [3.8, 4) is 0 Å². The van der Waals surface area contributed by atoms with Crippen LogP contribution in [0.25, 0.3) is 0 Å². The van der Waals surface area contributed by atoms with Gasteiger partial charge < -0.3 is 20.8 Å². The Hall–Kier alpha value is -0.740. The van der Waals surface area contributed by atoms with Crippen molar-refractivity contribution in [2.24, 2.45) is 0 Å². The van der Waals surface area contributed by atoms with Crippen LogP contribution < -0.4 is 10.6 Å². The maximum Gasteiger partial charge on any atom is 0.333 e. The Labute approximate surface area is 219 Å². The fourth-order valence-corrected chi connectivity index (χ4v) is 6.56. The summed E-state index contributed by atoms with van der Waals surface area (Å²) >= 11 is 0. The summed E-state index contributed by atoms with van der Waals surface area (Å²) in [4.78, 5) is 9.75. The lowest BCUT2D eigenvalue weighted by molar-refractivity contribution is -0.145. The van der Waals surface area contributed by atoms with Crippen molar-refractivity contribution in [3.63, 3.8) is 0 Å². The molecule has 212 valence electrons. The normalized spacial score (nSPS) is 24.1. The van der Waals surface area contributed by atoms with Crippen molar-refractivity contribution in [1.29, 1.82) is 0 Å². The Bertz CT molecular complexity index is 614. The molecule has 0 amide bonds. The molecule has 4 rings (SSSR count). The van der Waals surface area contributed by atoms with Gasteiger partial charge in [-0.05, 0) is 51.4 Å². The summed E-state index contributed by atoms with van der Waals surface area (Å²) in [5, 5.41) is 24.0. The predicted molar refractivity (Wildman–Crippen MR) is 144 cm³/mol. The molecule has 4 aliphatic carbocycles. The molecule has 4 fully saturated rings. The SMILES string of the molecule is C1CCC(NC2CCCCC2)CC1.C1CCC(NC2CCCCC2)CC1.O=C(O)[C@H](O)CS(=O)(=O)O. The van der Waals surface area contributed by atoms with Gasteiger partial charge in [0.05, 0.1) is 0 Å². The van der Waals surface area contributed by atoms with Gasteiger partial charge in [0.15, 0.2) is 6.10 Å². The Morgan fingerprint density at radius 3 is 1.03 bits per heavy atom. The van der Waals surface area contributed by atoms with Gasteiger partial charge in [-0.3, -0.25) is 4.55 Å². The summed E-state index contributed by atoms with van der Waals surface area (Å²) in [6.07, 6.45) is 27.1. The maximum absolute atomic E-state index is 9.88. The minimum atomic E-state index is -4.40. The molecular weight excluding hydrogens is 480 g/mol. The molecular formula is C27H52N2O6S. The quantitative estimate of drug-likeness (QED) is 0.295. The van der Waals surface area contributed by atoms with Gasteiger partial charge in [0.2, 0.25) is 0 Å². The summed E-state index contributed by atoms with van der Waals surface area (Å²) < 4.78 is 27.7. The highest BCUT2D eigenvalue weighted by molar-refractivity contribution is 7.85. The van der Waals surface area contributed by atoms with Gasteiger partial charge in [0.1, 0.15) is 5.75 Å². The van der Waals surface area contributed by atoms with Crippen LogP contribution in [0.3, 0.4) is 0 Å². The zero-order valence-electron chi connectivity index (χ0n) is 22.2. The zero-order chi connectivity index (χ0) is 26.2. The minimum absolute atomic E-state index is 0.872. The van der Waals surface area contributed by atoms with E-state index in [4.69, 9.17) is 14.8 Å². The van der Waals surface area contributed by atoms with Crippen LogP contribution in [-0.4, -0.2) is 65.2 Å². The first kappa shape index (κ1) is 31.5. The van der Waals surface area contributed by atoms with Crippen molar-refractivity contribution in [1.82, 2.24) is 10.6 Å². The average Bonchev–Trinajstić information content (AvgIpc) is 2.86. The highest BCUT2D eigenvalue weighted by atomic mass is 32.2. The maximum atomic E-state index is 9.88. The van der Waals surface area contributed by atoms with E-state index in [1.54, 1.807) is 0 Å². The summed E-state index contributed by atoms with van der Waals surface area (Å²) in [5.74, 6) is -2.86. The Morgan fingerprint density at radius 2 is 0.861 bits per heavy atom. The first-order valence-electron chi connectivity index (χ1n) is 14.6. The van der Waals surface area contributed by atoms with E-state index in [1.807, 2.05) is 0 Å². The van der Waals surface area contributed by atoms with E-state index in [9.17, 15) is 13.2 Å². The topological polar surface area (TPSA) is 136 Å². The van der Waals surface area contributed by atoms with E-state index in [-0.39, 0.29) is 0 Å². The van der Waals surface area contributed by atoms with Crippen molar-refractivity contribution in [2.75, 3.05) is 5.75 Å². The summed E-state index contributed by atoms with van der Waals surface area (Å²) in [6.45, 7) is 0. The van der Waals surface area contributed by atoms with Crippen molar-refractivity contribution in [3.05, 3.63) is 0 Å². The van der Waals surface area contributed by atoms with E-state index < -0.39 is 27.9 Å². The number of hydrogen-bond acceptors (Lipinski definition) is 6. The molecule has 0 radical (unpaired) electrons. The van der Waals surface area contributed by atoms with Gasteiger partial charge in [-0.15, -0.1) is 0 Å². The monoisotopic (exact) mass is 532 g/mol. The molecule has 9 heteroatoms. The van der Waals surface area contributed by atoms with E-state index in [2.05, 4.69) is 10.6 Å². The molecule has 0 unspecified atom stereocenters. The largest absolute Gasteiger partial charge is 0.479 e. The number of carboxylic acids is 1. The fourth-order valence-electron chi connectivity index (χ4n) is 6.01. The van der Waals surface area contributed by atoms with E-state index in [0.29, 0.717) is 0 Å². The van der Waals surface area contributed by atoms with Crippen LogP contribution >= 0.6 is 0 Å². The molecule has 0 aliphatic heterocycles. The first-order valence-corrected chi connectivity index (χ1v) is 16.2. The third kappa shape index (κ3) is 14.9. The highest BCUT2D eigenvalue weighted by Gasteiger charge is 2.21. The molecule has 5 N–H and O–H groups in total. The zero-order valence-corrected chi connectivity index (χ0v) is 23.0. The number of aliphatic hydroxyl groups excluding tert-OH is 1. The van der Waals surface area contributed by atoms with Gasteiger partial charge in [0.25, 0.3) is 10.1 Å². The number of aliphatic hydroxyl groups is 1. The van der Waals surface area contributed by atoms with Gasteiger partial charge >= 0.3 is 5.97 Å². The number of hydrogen-bond donors (Lipinski definition) is 5.